The molecular weight excluding hydrogens is 332 g/mol. The van der Waals surface area contributed by atoms with Crippen LogP contribution in [0.2, 0.25) is 5.02 Å². The molecule has 1 aromatic rings. The third-order valence-corrected chi connectivity index (χ3v) is 4.41. The molecule has 0 aromatic heterocycles. The number of anilines is 1. The molecule has 1 heterocycles. The number of nitrogens with two attached hydrogens (primary N) is 1. The Morgan fingerprint density at radius 2 is 1.92 bits per heavy atom. The molecule has 7 heteroatoms. The minimum absolute atomic E-state index is 0.143. The molecule has 0 saturated carbocycles. The maximum absolute atomic E-state index is 12.3. The lowest BCUT2D eigenvalue weighted by atomic mass is 9.92. The SMILES string of the molecule is COc1cc(N)c(Cl)cc1C(=O)OCC(=O)N1CC(C)CC(C)C1. The Labute approximate surface area is 146 Å². The number of likely N-dealkylation sites (tertiary alicyclic amines) is 1. The summed E-state index contributed by atoms with van der Waals surface area (Å²) in [5, 5.41) is 0.229. The maximum Gasteiger partial charge on any atom is 0.342 e. The van der Waals surface area contributed by atoms with Gasteiger partial charge >= 0.3 is 5.97 Å². The van der Waals surface area contributed by atoms with Crippen molar-refractivity contribution in [2.24, 2.45) is 11.8 Å². The Hall–Kier alpha value is -1.95. The highest BCUT2D eigenvalue weighted by atomic mass is 35.5. The van der Waals surface area contributed by atoms with E-state index in [0.29, 0.717) is 30.6 Å². The van der Waals surface area contributed by atoms with E-state index in [1.165, 1.54) is 19.2 Å². The second kappa shape index (κ2) is 7.75. The first-order valence-corrected chi connectivity index (χ1v) is 8.27. The molecule has 2 unspecified atom stereocenters. The van der Waals surface area contributed by atoms with E-state index in [1.54, 1.807) is 4.90 Å². The van der Waals surface area contributed by atoms with Crippen LogP contribution in [0, 0.1) is 11.8 Å². The zero-order valence-corrected chi connectivity index (χ0v) is 14.9. The first-order chi connectivity index (χ1) is 11.3. The third-order valence-electron chi connectivity index (χ3n) is 4.09. The van der Waals surface area contributed by atoms with Gasteiger partial charge in [-0.05, 0) is 24.3 Å². The third kappa shape index (κ3) is 4.32. The van der Waals surface area contributed by atoms with Crippen LogP contribution in [0.3, 0.4) is 0 Å². The van der Waals surface area contributed by atoms with Gasteiger partial charge in [0.05, 0.1) is 17.8 Å². The predicted molar refractivity (Wildman–Crippen MR) is 92.2 cm³/mol. The molecule has 2 N–H and O–H groups in total. The lowest BCUT2D eigenvalue weighted by Crippen LogP contribution is -2.44. The van der Waals surface area contributed by atoms with Crippen LogP contribution in [-0.2, 0) is 9.53 Å². The molecule has 1 saturated heterocycles. The molecule has 0 bridgehead atoms. The number of carbonyl (C=O) groups excluding carboxylic acids is 2. The fourth-order valence-electron chi connectivity index (χ4n) is 3.06. The summed E-state index contributed by atoms with van der Waals surface area (Å²) in [5.74, 6) is 0.297. The molecule has 2 atom stereocenters. The summed E-state index contributed by atoms with van der Waals surface area (Å²) in [6, 6.07) is 2.84. The summed E-state index contributed by atoms with van der Waals surface area (Å²) in [7, 11) is 1.42. The quantitative estimate of drug-likeness (QED) is 0.663. The van der Waals surface area contributed by atoms with Gasteiger partial charge in [-0.2, -0.15) is 0 Å². The van der Waals surface area contributed by atoms with Crippen LogP contribution in [-0.4, -0.2) is 43.6 Å². The van der Waals surface area contributed by atoms with Crippen LogP contribution in [0.4, 0.5) is 5.69 Å². The average molecular weight is 355 g/mol. The molecular formula is C17H23ClN2O4. The summed E-state index contributed by atoms with van der Waals surface area (Å²) in [6.45, 7) is 5.31. The van der Waals surface area contributed by atoms with Crippen molar-refractivity contribution in [2.45, 2.75) is 20.3 Å². The molecule has 1 fully saturated rings. The number of halogens is 1. The van der Waals surface area contributed by atoms with Crippen LogP contribution in [0.15, 0.2) is 12.1 Å². The van der Waals surface area contributed by atoms with Gasteiger partial charge in [-0.1, -0.05) is 25.4 Å². The molecule has 24 heavy (non-hydrogen) atoms. The van der Waals surface area contributed by atoms with Gasteiger partial charge in [-0.25, -0.2) is 4.79 Å². The first kappa shape index (κ1) is 18.4. The van der Waals surface area contributed by atoms with Crippen LogP contribution < -0.4 is 10.5 Å². The summed E-state index contributed by atoms with van der Waals surface area (Å²) >= 11 is 5.94. The number of benzene rings is 1. The number of hydrogen-bond donors (Lipinski definition) is 1. The van der Waals surface area contributed by atoms with E-state index in [-0.39, 0.29) is 28.8 Å². The number of rotatable bonds is 4. The molecule has 1 amide bonds. The number of nitrogen functional groups attached to an aromatic ring is 1. The van der Waals surface area contributed by atoms with Crippen LogP contribution >= 0.6 is 11.6 Å². The fourth-order valence-corrected chi connectivity index (χ4v) is 3.22. The zero-order valence-electron chi connectivity index (χ0n) is 14.2. The monoisotopic (exact) mass is 354 g/mol. The average Bonchev–Trinajstić information content (AvgIpc) is 2.53. The first-order valence-electron chi connectivity index (χ1n) is 7.89. The molecule has 0 spiro atoms. The van der Waals surface area contributed by atoms with Crippen molar-refractivity contribution in [3.05, 3.63) is 22.7 Å². The number of piperidine rings is 1. The Bertz CT molecular complexity index is 625. The number of nitrogens with zero attached hydrogens (tertiary/aromatic N) is 1. The van der Waals surface area contributed by atoms with Gasteiger partial charge in [0.2, 0.25) is 0 Å². The summed E-state index contributed by atoms with van der Waals surface area (Å²) in [4.78, 5) is 26.3. The van der Waals surface area contributed by atoms with Crippen molar-refractivity contribution in [3.63, 3.8) is 0 Å². The molecule has 6 nitrogen and oxygen atoms in total. The highest BCUT2D eigenvalue weighted by molar-refractivity contribution is 6.33. The standard InChI is InChI=1S/C17H23ClN2O4/c1-10-4-11(2)8-20(7-10)16(21)9-24-17(22)12-5-13(18)14(19)6-15(12)23-3/h5-6,10-11H,4,7-9,19H2,1-3H3. The molecule has 1 aliphatic heterocycles. The summed E-state index contributed by atoms with van der Waals surface area (Å²) in [5.41, 5.74) is 6.13. The zero-order chi connectivity index (χ0) is 17.9. The lowest BCUT2D eigenvalue weighted by Gasteiger charge is -2.34. The van der Waals surface area contributed by atoms with E-state index in [2.05, 4.69) is 13.8 Å². The maximum atomic E-state index is 12.3. The van der Waals surface area contributed by atoms with Gasteiger partial charge < -0.3 is 20.1 Å². The van der Waals surface area contributed by atoms with Crippen molar-refractivity contribution in [2.75, 3.05) is 32.5 Å². The molecule has 132 valence electrons. The Balaban J connectivity index is 2.00. The molecule has 0 aliphatic carbocycles. The smallest absolute Gasteiger partial charge is 0.342 e. The van der Waals surface area contributed by atoms with Crippen molar-refractivity contribution >= 4 is 29.2 Å². The number of amides is 1. The van der Waals surface area contributed by atoms with E-state index in [1.807, 2.05) is 0 Å². The Kier molecular flexibility index (Phi) is 5.94. The van der Waals surface area contributed by atoms with Gasteiger partial charge in [-0.15, -0.1) is 0 Å². The number of hydrogen-bond acceptors (Lipinski definition) is 5. The Morgan fingerprint density at radius 3 is 2.50 bits per heavy atom. The highest BCUT2D eigenvalue weighted by Crippen LogP contribution is 2.29. The summed E-state index contributed by atoms with van der Waals surface area (Å²) < 4.78 is 10.3. The van der Waals surface area contributed by atoms with Crippen LogP contribution in [0.5, 0.6) is 5.75 Å². The molecule has 2 rings (SSSR count). The van der Waals surface area contributed by atoms with E-state index in [0.717, 1.165) is 6.42 Å². The minimum atomic E-state index is -0.666. The van der Waals surface area contributed by atoms with E-state index in [9.17, 15) is 9.59 Å². The van der Waals surface area contributed by atoms with Crippen molar-refractivity contribution in [1.82, 2.24) is 4.90 Å². The predicted octanol–water partition coefficient (Wildman–Crippen LogP) is 2.59. The van der Waals surface area contributed by atoms with Gasteiger partial charge in [-0.3, -0.25) is 4.79 Å². The van der Waals surface area contributed by atoms with E-state index in [4.69, 9.17) is 26.8 Å². The van der Waals surface area contributed by atoms with Gasteiger partial charge in [0, 0.05) is 19.2 Å². The topological polar surface area (TPSA) is 81.9 Å². The van der Waals surface area contributed by atoms with Crippen molar-refractivity contribution < 1.29 is 19.1 Å². The largest absolute Gasteiger partial charge is 0.496 e. The van der Waals surface area contributed by atoms with E-state index >= 15 is 0 Å². The van der Waals surface area contributed by atoms with Crippen LogP contribution in [0.25, 0.3) is 0 Å². The number of esters is 1. The second-order valence-electron chi connectivity index (χ2n) is 6.39. The molecule has 0 radical (unpaired) electrons. The molecule has 1 aliphatic rings. The van der Waals surface area contributed by atoms with Crippen molar-refractivity contribution in [3.8, 4) is 5.75 Å². The Morgan fingerprint density at radius 1 is 1.29 bits per heavy atom. The van der Waals surface area contributed by atoms with Gasteiger partial charge in [0.1, 0.15) is 11.3 Å². The summed E-state index contributed by atoms with van der Waals surface area (Å²) in [6.07, 6.45) is 1.10. The van der Waals surface area contributed by atoms with E-state index < -0.39 is 5.97 Å². The molecule has 1 aromatic carbocycles. The number of ether oxygens (including phenoxy) is 2. The minimum Gasteiger partial charge on any atom is -0.496 e. The van der Waals surface area contributed by atoms with Crippen molar-refractivity contribution in [1.29, 1.82) is 0 Å². The van der Waals surface area contributed by atoms with Gasteiger partial charge in [0.15, 0.2) is 6.61 Å². The number of carbonyl (C=O) groups is 2. The second-order valence-corrected chi connectivity index (χ2v) is 6.80. The van der Waals surface area contributed by atoms with Gasteiger partial charge in [0.25, 0.3) is 5.91 Å². The highest BCUT2D eigenvalue weighted by Gasteiger charge is 2.26. The normalized spacial score (nSPS) is 20.6. The number of methoxy groups -OCH3 is 1. The fraction of sp³-hybridized carbons (Fsp3) is 0.529. The van der Waals surface area contributed by atoms with Crippen LogP contribution in [0.1, 0.15) is 30.6 Å². The lowest BCUT2D eigenvalue weighted by molar-refractivity contribution is -0.137.